The van der Waals surface area contributed by atoms with E-state index in [0.717, 1.165) is 30.6 Å². The maximum Gasteiger partial charge on any atom is 0.252 e. The molecule has 28 heavy (non-hydrogen) atoms. The molecular weight excluding hydrogens is 378 g/mol. The van der Waals surface area contributed by atoms with E-state index in [1.807, 2.05) is 23.6 Å². The van der Waals surface area contributed by atoms with Crippen LogP contribution in [0.3, 0.4) is 0 Å². The summed E-state index contributed by atoms with van der Waals surface area (Å²) < 4.78 is 31.0. The van der Waals surface area contributed by atoms with E-state index < -0.39 is 10.0 Å². The van der Waals surface area contributed by atoms with Crippen LogP contribution >= 0.6 is 0 Å². The Balaban J connectivity index is 1.71. The van der Waals surface area contributed by atoms with Gasteiger partial charge in [-0.05, 0) is 38.0 Å². The van der Waals surface area contributed by atoms with Crippen molar-refractivity contribution in [1.29, 1.82) is 5.26 Å². The van der Waals surface area contributed by atoms with Crippen LogP contribution in [0.5, 0.6) is 0 Å². The minimum absolute atomic E-state index is 0.106. The molecule has 1 saturated heterocycles. The Bertz CT molecular complexity index is 1150. The van der Waals surface area contributed by atoms with Gasteiger partial charge in [0.2, 0.25) is 10.0 Å². The molecule has 2 aromatic heterocycles. The van der Waals surface area contributed by atoms with Crippen LogP contribution in [0.25, 0.3) is 11.0 Å². The quantitative estimate of drug-likeness (QED) is 0.646. The number of aryl methyl sites for hydroxylation is 1. The number of benzene rings is 1. The van der Waals surface area contributed by atoms with E-state index in [9.17, 15) is 8.42 Å². The van der Waals surface area contributed by atoms with Crippen molar-refractivity contribution in [3.63, 3.8) is 0 Å². The summed E-state index contributed by atoms with van der Waals surface area (Å²) in [7, 11) is -3.50. The molecule has 9 nitrogen and oxygen atoms in total. The Kier molecular flexibility index (Phi) is 4.87. The Morgan fingerprint density at radius 1 is 1.21 bits per heavy atom. The molecule has 4 rings (SSSR count). The minimum Gasteiger partial charge on any atom is -0.327 e. The number of nitriles is 1. The SMILES string of the molecule is CCn1c(Cn2cnc(C#N)n2)nc2cc(S(=O)(=O)N3CCCCC3)ccc21. The molecule has 1 aromatic carbocycles. The van der Waals surface area contributed by atoms with Crippen molar-refractivity contribution in [2.24, 2.45) is 0 Å². The zero-order valence-corrected chi connectivity index (χ0v) is 16.4. The second-order valence-corrected chi connectivity index (χ2v) is 8.70. The minimum atomic E-state index is -3.50. The monoisotopic (exact) mass is 399 g/mol. The van der Waals surface area contributed by atoms with Gasteiger partial charge in [-0.2, -0.15) is 9.57 Å². The summed E-state index contributed by atoms with van der Waals surface area (Å²) >= 11 is 0. The summed E-state index contributed by atoms with van der Waals surface area (Å²) in [4.78, 5) is 8.83. The average Bonchev–Trinajstić information content (AvgIpc) is 3.31. The largest absolute Gasteiger partial charge is 0.327 e. The van der Waals surface area contributed by atoms with Crippen molar-refractivity contribution in [2.75, 3.05) is 13.1 Å². The van der Waals surface area contributed by atoms with Crippen LogP contribution in [0.15, 0.2) is 29.4 Å². The summed E-state index contributed by atoms with van der Waals surface area (Å²) in [6.45, 7) is 4.19. The molecule has 0 amide bonds. The number of nitrogens with zero attached hydrogens (tertiary/aromatic N) is 7. The molecular formula is C18H21N7O2S. The predicted molar refractivity (Wildman–Crippen MR) is 102 cm³/mol. The first-order chi connectivity index (χ1) is 13.5. The molecule has 0 bridgehead atoms. The standard InChI is InChI=1S/C18H21N7O2S/c1-2-25-16-7-6-14(28(26,27)24-8-4-3-5-9-24)10-15(16)21-18(25)12-23-13-20-17(11-19)22-23/h6-7,10,13H,2-5,8-9,12H2,1H3. The molecule has 1 aliphatic heterocycles. The number of aromatic nitrogens is 5. The van der Waals surface area contributed by atoms with Crippen molar-refractivity contribution in [2.45, 2.75) is 44.2 Å². The normalized spacial score (nSPS) is 15.7. The number of hydrogen-bond donors (Lipinski definition) is 0. The average molecular weight is 399 g/mol. The lowest BCUT2D eigenvalue weighted by molar-refractivity contribution is 0.346. The van der Waals surface area contributed by atoms with Crippen molar-refractivity contribution in [1.82, 2.24) is 28.6 Å². The highest BCUT2D eigenvalue weighted by Gasteiger charge is 2.26. The van der Waals surface area contributed by atoms with Gasteiger partial charge in [-0.25, -0.2) is 23.1 Å². The second-order valence-electron chi connectivity index (χ2n) is 6.77. The third kappa shape index (κ3) is 3.27. The van der Waals surface area contributed by atoms with Crippen LogP contribution in [0.2, 0.25) is 0 Å². The van der Waals surface area contributed by atoms with Gasteiger partial charge in [-0.3, -0.25) is 0 Å². The lowest BCUT2D eigenvalue weighted by Gasteiger charge is -2.25. The summed E-state index contributed by atoms with van der Waals surface area (Å²) in [5.41, 5.74) is 1.51. The molecule has 0 N–H and O–H groups in total. The zero-order chi connectivity index (χ0) is 19.7. The highest BCUT2D eigenvalue weighted by Crippen LogP contribution is 2.25. The summed E-state index contributed by atoms with van der Waals surface area (Å²) in [5, 5.41) is 13.0. The fourth-order valence-electron chi connectivity index (χ4n) is 3.61. The topological polar surface area (TPSA) is 110 Å². The van der Waals surface area contributed by atoms with Crippen molar-refractivity contribution >= 4 is 21.1 Å². The van der Waals surface area contributed by atoms with Crippen molar-refractivity contribution in [3.8, 4) is 6.07 Å². The summed E-state index contributed by atoms with van der Waals surface area (Å²) in [5.74, 6) is 0.841. The van der Waals surface area contributed by atoms with Gasteiger partial charge in [0.15, 0.2) is 0 Å². The van der Waals surface area contributed by atoms with Gasteiger partial charge >= 0.3 is 0 Å². The van der Waals surface area contributed by atoms with Crippen LogP contribution in [0.4, 0.5) is 0 Å². The van der Waals surface area contributed by atoms with E-state index >= 15 is 0 Å². The molecule has 3 aromatic rings. The first-order valence-electron chi connectivity index (χ1n) is 9.32. The maximum atomic E-state index is 13.0. The Hall–Kier alpha value is -2.77. The smallest absolute Gasteiger partial charge is 0.252 e. The van der Waals surface area contributed by atoms with Gasteiger partial charge in [0.1, 0.15) is 24.8 Å². The predicted octanol–water partition coefficient (Wildman–Crippen LogP) is 1.74. The molecule has 0 spiro atoms. The van der Waals surface area contributed by atoms with Gasteiger partial charge in [-0.15, -0.1) is 5.10 Å². The lowest BCUT2D eigenvalue weighted by atomic mass is 10.2. The molecule has 10 heteroatoms. The van der Waals surface area contributed by atoms with Crippen molar-refractivity contribution < 1.29 is 8.42 Å². The Morgan fingerprint density at radius 3 is 2.68 bits per heavy atom. The molecule has 0 unspecified atom stereocenters. The molecule has 3 heterocycles. The molecule has 0 saturated carbocycles. The Morgan fingerprint density at radius 2 is 2.00 bits per heavy atom. The molecule has 1 aliphatic rings. The van der Waals surface area contributed by atoms with Crippen LogP contribution in [0, 0.1) is 11.3 Å². The van der Waals surface area contributed by atoms with Gasteiger partial charge in [0.05, 0.1) is 15.9 Å². The summed E-state index contributed by atoms with van der Waals surface area (Å²) in [6.07, 6.45) is 4.37. The third-order valence-electron chi connectivity index (χ3n) is 5.01. The van der Waals surface area contributed by atoms with Gasteiger partial charge in [-0.1, -0.05) is 6.42 Å². The van der Waals surface area contributed by atoms with E-state index in [2.05, 4.69) is 15.1 Å². The van der Waals surface area contributed by atoms with Crippen LogP contribution < -0.4 is 0 Å². The molecule has 1 fully saturated rings. The fourth-order valence-corrected chi connectivity index (χ4v) is 5.15. The van der Waals surface area contributed by atoms with E-state index in [1.54, 1.807) is 21.1 Å². The first-order valence-corrected chi connectivity index (χ1v) is 10.8. The van der Waals surface area contributed by atoms with Gasteiger partial charge in [0.25, 0.3) is 5.82 Å². The second kappa shape index (κ2) is 7.33. The first kappa shape index (κ1) is 18.6. The molecule has 146 valence electrons. The molecule has 0 atom stereocenters. The zero-order valence-electron chi connectivity index (χ0n) is 15.6. The van der Waals surface area contributed by atoms with Gasteiger partial charge in [0, 0.05) is 19.6 Å². The molecule has 0 aliphatic carbocycles. The van der Waals surface area contributed by atoms with Crippen LogP contribution in [-0.4, -0.2) is 50.1 Å². The highest BCUT2D eigenvalue weighted by atomic mass is 32.2. The number of sulfonamides is 1. The number of imidazole rings is 1. The van der Waals surface area contributed by atoms with Gasteiger partial charge < -0.3 is 4.57 Å². The number of piperidine rings is 1. The highest BCUT2D eigenvalue weighted by molar-refractivity contribution is 7.89. The van der Waals surface area contributed by atoms with Crippen LogP contribution in [-0.2, 0) is 23.1 Å². The lowest BCUT2D eigenvalue weighted by Crippen LogP contribution is -2.35. The van der Waals surface area contributed by atoms with E-state index in [-0.39, 0.29) is 10.7 Å². The van der Waals surface area contributed by atoms with E-state index in [4.69, 9.17) is 5.26 Å². The number of fused-ring (bicyclic) bond motifs is 1. The van der Waals surface area contributed by atoms with Crippen molar-refractivity contribution in [3.05, 3.63) is 36.2 Å². The fraction of sp³-hybridized carbons (Fsp3) is 0.444. The van der Waals surface area contributed by atoms with E-state index in [1.165, 1.54) is 6.33 Å². The molecule has 0 radical (unpaired) electrons. The number of hydrogen-bond acceptors (Lipinski definition) is 6. The maximum absolute atomic E-state index is 13.0. The number of rotatable bonds is 5. The Labute approximate surface area is 163 Å². The van der Waals surface area contributed by atoms with Crippen LogP contribution in [0.1, 0.15) is 37.8 Å². The third-order valence-corrected chi connectivity index (χ3v) is 6.90. The van der Waals surface area contributed by atoms with E-state index in [0.29, 0.717) is 31.7 Å². The summed E-state index contributed by atoms with van der Waals surface area (Å²) in [6, 6.07) is 7.03.